The van der Waals surface area contributed by atoms with Crippen molar-refractivity contribution in [2.24, 2.45) is 5.92 Å². The normalized spacial score (nSPS) is 18.5. The van der Waals surface area contributed by atoms with Gasteiger partial charge in [0.05, 0.1) is 20.1 Å². The molecular weight excluding hydrogens is 430 g/mol. The van der Waals surface area contributed by atoms with Crippen LogP contribution in [0.4, 0.5) is 11.4 Å². The van der Waals surface area contributed by atoms with Crippen molar-refractivity contribution in [1.82, 2.24) is 4.90 Å². The van der Waals surface area contributed by atoms with Gasteiger partial charge >= 0.3 is 0 Å². The molecule has 4 rings (SSSR count). The second-order valence-electron chi connectivity index (χ2n) is 9.12. The lowest BCUT2D eigenvalue weighted by molar-refractivity contribution is -0.128. The van der Waals surface area contributed by atoms with Crippen LogP contribution in [0.5, 0.6) is 11.5 Å². The van der Waals surface area contributed by atoms with E-state index >= 15 is 0 Å². The van der Waals surface area contributed by atoms with E-state index in [4.69, 9.17) is 9.47 Å². The number of carbonyl (C=O) groups is 2. The highest BCUT2D eigenvalue weighted by atomic mass is 16.5. The van der Waals surface area contributed by atoms with E-state index < -0.39 is 0 Å². The van der Waals surface area contributed by atoms with E-state index in [9.17, 15) is 9.59 Å². The Morgan fingerprint density at radius 3 is 2.35 bits per heavy atom. The Labute approximate surface area is 202 Å². The largest absolute Gasteiger partial charge is 0.493 e. The molecule has 2 aromatic carbocycles. The summed E-state index contributed by atoms with van der Waals surface area (Å²) < 4.78 is 10.6. The van der Waals surface area contributed by atoms with Crippen LogP contribution in [0.15, 0.2) is 42.5 Å². The molecule has 2 saturated heterocycles. The third-order valence-electron chi connectivity index (χ3n) is 6.81. The summed E-state index contributed by atoms with van der Waals surface area (Å²) in [6.45, 7) is 3.20. The van der Waals surface area contributed by atoms with Gasteiger partial charge in [0, 0.05) is 44.0 Å². The van der Waals surface area contributed by atoms with Gasteiger partial charge in [0.2, 0.25) is 11.8 Å². The summed E-state index contributed by atoms with van der Waals surface area (Å²) in [6.07, 6.45) is 6.02. The van der Waals surface area contributed by atoms with E-state index in [0.29, 0.717) is 31.0 Å². The number of benzene rings is 2. The number of hydrogen-bond donors (Lipinski definition) is 1. The Hall–Kier alpha value is -3.22. The van der Waals surface area contributed by atoms with Crippen LogP contribution in [0.2, 0.25) is 0 Å². The number of nitrogens with one attached hydrogen (secondary N) is 1. The third-order valence-corrected chi connectivity index (χ3v) is 6.81. The molecule has 0 spiro atoms. The lowest BCUT2D eigenvalue weighted by atomic mass is 10.1. The highest BCUT2D eigenvalue weighted by Crippen LogP contribution is 2.28. The van der Waals surface area contributed by atoms with Gasteiger partial charge in [-0.2, -0.15) is 0 Å². The minimum absolute atomic E-state index is 0.0251. The highest BCUT2D eigenvalue weighted by molar-refractivity contribution is 5.97. The van der Waals surface area contributed by atoms with Crippen LogP contribution in [0.25, 0.3) is 0 Å². The molecule has 0 radical (unpaired) electrons. The van der Waals surface area contributed by atoms with E-state index in [0.717, 1.165) is 24.3 Å². The fraction of sp³-hybridized carbons (Fsp3) is 0.481. The molecule has 2 amide bonds. The predicted octanol–water partition coefficient (Wildman–Crippen LogP) is 4.11. The molecule has 1 N–H and O–H groups in total. The van der Waals surface area contributed by atoms with Crippen molar-refractivity contribution in [3.05, 3.63) is 48.0 Å². The number of rotatable bonds is 8. The standard InChI is InChI=1S/C27H35N3O4/c1-33-24-12-7-20(17-25(24)34-2)13-16-30-19-21(18-26(30)31)27(32)28-22-8-10-23(11-9-22)29-14-5-3-4-6-15-29/h7-12,17,21H,3-6,13-16,18-19H2,1-2H3,(H,28,32). The molecule has 182 valence electrons. The van der Waals surface area contributed by atoms with Crippen LogP contribution < -0.4 is 19.7 Å². The molecule has 0 aliphatic carbocycles. The lowest BCUT2D eigenvalue weighted by Crippen LogP contribution is -2.30. The second-order valence-corrected chi connectivity index (χ2v) is 9.12. The average molecular weight is 466 g/mol. The molecule has 2 aromatic rings. The van der Waals surface area contributed by atoms with Crippen LogP contribution in [-0.2, 0) is 16.0 Å². The van der Waals surface area contributed by atoms with Crippen LogP contribution in [0, 0.1) is 5.92 Å². The first-order chi connectivity index (χ1) is 16.6. The Balaban J connectivity index is 1.29. The number of carbonyl (C=O) groups excluding carboxylic acids is 2. The van der Waals surface area contributed by atoms with E-state index in [1.807, 2.05) is 30.3 Å². The van der Waals surface area contributed by atoms with Gasteiger partial charge < -0.3 is 24.6 Å². The van der Waals surface area contributed by atoms with Crippen LogP contribution in [-0.4, -0.2) is 57.1 Å². The minimum atomic E-state index is -0.330. The van der Waals surface area contributed by atoms with Crippen LogP contribution >= 0.6 is 0 Å². The molecule has 1 unspecified atom stereocenters. The summed E-state index contributed by atoms with van der Waals surface area (Å²) in [5.41, 5.74) is 3.04. The molecule has 34 heavy (non-hydrogen) atoms. The molecular formula is C27H35N3O4. The van der Waals surface area contributed by atoms with Crippen LogP contribution in [0.1, 0.15) is 37.7 Å². The Morgan fingerprint density at radius 1 is 0.971 bits per heavy atom. The topological polar surface area (TPSA) is 71.1 Å². The molecule has 2 aliphatic rings. The average Bonchev–Trinajstić information content (AvgIpc) is 3.05. The third kappa shape index (κ3) is 5.82. The van der Waals surface area contributed by atoms with Gasteiger partial charge in [-0.3, -0.25) is 9.59 Å². The molecule has 2 heterocycles. The number of nitrogens with zero attached hydrogens (tertiary/aromatic N) is 2. The summed E-state index contributed by atoms with van der Waals surface area (Å²) in [6, 6.07) is 13.9. The summed E-state index contributed by atoms with van der Waals surface area (Å²) in [4.78, 5) is 29.6. The van der Waals surface area contributed by atoms with Gasteiger partial charge in [-0.25, -0.2) is 0 Å². The number of ether oxygens (including phenoxy) is 2. The minimum Gasteiger partial charge on any atom is -0.493 e. The van der Waals surface area contributed by atoms with Crippen molar-refractivity contribution in [1.29, 1.82) is 0 Å². The quantitative estimate of drug-likeness (QED) is 0.635. The smallest absolute Gasteiger partial charge is 0.229 e. The van der Waals surface area contributed by atoms with Crippen molar-refractivity contribution in [3.8, 4) is 11.5 Å². The maximum atomic E-state index is 12.8. The Kier molecular flexibility index (Phi) is 7.93. The van der Waals surface area contributed by atoms with Gasteiger partial charge in [0.15, 0.2) is 11.5 Å². The fourth-order valence-electron chi connectivity index (χ4n) is 4.79. The zero-order valence-electron chi connectivity index (χ0n) is 20.2. The molecule has 7 nitrogen and oxygen atoms in total. The molecule has 0 bridgehead atoms. The van der Waals surface area contributed by atoms with Gasteiger partial charge in [0.25, 0.3) is 0 Å². The monoisotopic (exact) mass is 465 g/mol. The van der Waals surface area contributed by atoms with E-state index in [1.165, 1.54) is 31.4 Å². The van der Waals surface area contributed by atoms with Crippen molar-refractivity contribution in [2.45, 2.75) is 38.5 Å². The van der Waals surface area contributed by atoms with Crippen molar-refractivity contribution >= 4 is 23.2 Å². The van der Waals surface area contributed by atoms with E-state index in [-0.39, 0.29) is 24.2 Å². The second kappa shape index (κ2) is 11.3. The zero-order valence-corrected chi connectivity index (χ0v) is 20.2. The maximum absolute atomic E-state index is 12.8. The van der Waals surface area contributed by atoms with E-state index in [2.05, 4.69) is 22.3 Å². The molecule has 2 fully saturated rings. The summed E-state index contributed by atoms with van der Waals surface area (Å²) in [5, 5.41) is 3.00. The molecule has 2 aliphatic heterocycles. The number of hydrogen-bond acceptors (Lipinski definition) is 5. The fourth-order valence-corrected chi connectivity index (χ4v) is 4.79. The summed E-state index contributed by atoms with van der Waals surface area (Å²) in [7, 11) is 3.22. The van der Waals surface area contributed by atoms with Gasteiger partial charge in [0.1, 0.15) is 0 Å². The molecule has 0 saturated carbocycles. The zero-order chi connectivity index (χ0) is 23.9. The van der Waals surface area contributed by atoms with Crippen molar-refractivity contribution in [3.63, 3.8) is 0 Å². The van der Waals surface area contributed by atoms with Gasteiger partial charge in [-0.15, -0.1) is 0 Å². The number of amides is 2. The van der Waals surface area contributed by atoms with Gasteiger partial charge in [-0.05, 0) is 61.2 Å². The first-order valence-corrected chi connectivity index (χ1v) is 12.2. The summed E-state index contributed by atoms with van der Waals surface area (Å²) >= 11 is 0. The lowest BCUT2D eigenvalue weighted by Gasteiger charge is -2.23. The molecule has 1 atom stereocenters. The Morgan fingerprint density at radius 2 is 1.68 bits per heavy atom. The Bertz CT molecular complexity index is 984. The van der Waals surface area contributed by atoms with E-state index in [1.54, 1.807) is 19.1 Å². The van der Waals surface area contributed by atoms with Crippen molar-refractivity contribution < 1.29 is 19.1 Å². The number of anilines is 2. The number of methoxy groups -OCH3 is 2. The highest BCUT2D eigenvalue weighted by Gasteiger charge is 2.34. The maximum Gasteiger partial charge on any atom is 0.229 e. The number of likely N-dealkylation sites (tertiary alicyclic amines) is 1. The molecule has 7 heteroatoms. The first-order valence-electron chi connectivity index (χ1n) is 12.2. The molecule has 0 aromatic heterocycles. The summed E-state index contributed by atoms with van der Waals surface area (Å²) in [5.74, 6) is 0.955. The predicted molar refractivity (Wildman–Crippen MR) is 134 cm³/mol. The first kappa shape index (κ1) is 23.9. The van der Waals surface area contributed by atoms with Gasteiger partial charge in [-0.1, -0.05) is 18.9 Å². The van der Waals surface area contributed by atoms with Crippen molar-refractivity contribution in [2.75, 3.05) is 50.6 Å². The van der Waals surface area contributed by atoms with Crippen LogP contribution in [0.3, 0.4) is 0 Å². The SMILES string of the molecule is COc1ccc(CCN2CC(C(=O)Nc3ccc(N4CCCCCC4)cc3)CC2=O)cc1OC.